The highest BCUT2D eigenvalue weighted by Gasteiger charge is 2.32. The van der Waals surface area contributed by atoms with Crippen molar-refractivity contribution < 1.29 is 14.3 Å². The van der Waals surface area contributed by atoms with Gasteiger partial charge in [0.1, 0.15) is 5.03 Å². The summed E-state index contributed by atoms with van der Waals surface area (Å²) < 4.78 is 11.3. The molecule has 6 heteroatoms. The number of rotatable bonds is 4. The number of hydrogen-bond donors (Lipinski definition) is 0. The number of piperidine rings is 1. The molecule has 0 radical (unpaired) electrons. The van der Waals surface area contributed by atoms with Gasteiger partial charge in [0.15, 0.2) is 6.29 Å². The highest BCUT2D eigenvalue weighted by molar-refractivity contribution is 7.99. The molecule has 2 saturated heterocycles. The third-order valence-corrected chi connectivity index (χ3v) is 6.79. The van der Waals surface area contributed by atoms with Gasteiger partial charge in [-0.05, 0) is 37.8 Å². The maximum Gasteiger partial charge on any atom is 0.256 e. The van der Waals surface area contributed by atoms with E-state index in [0.29, 0.717) is 24.4 Å². The summed E-state index contributed by atoms with van der Waals surface area (Å²) in [6, 6.07) is 3.81. The maximum absolute atomic E-state index is 13.0. The number of aromatic nitrogens is 1. The first-order valence-corrected chi connectivity index (χ1v) is 10.3. The van der Waals surface area contributed by atoms with E-state index in [1.807, 2.05) is 17.0 Å². The second kappa shape index (κ2) is 8.06. The van der Waals surface area contributed by atoms with E-state index < -0.39 is 0 Å². The Labute approximate surface area is 153 Å². The predicted octanol–water partition coefficient (Wildman–Crippen LogP) is 3.34. The number of carbonyl (C=O) groups excluding carboxylic acids is 1. The monoisotopic (exact) mass is 362 g/mol. The van der Waals surface area contributed by atoms with E-state index in [9.17, 15) is 4.79 Å². The molecule has 2 aliphatic heterocycles. The number of amides is 1. The van der Waals surface area contributed by atoms with E-state index in [1.54, 1.807) is 18.0 Å². The van der Waals surface area contributed by atoms with E-state index >= 15 is 0 Å². The van der Waals surface area contributed by atoms with Gasteiger partial charge < -0.3 is 14.4 Å². The summed E-state index contributed by atoms with van der Waals surface area (Å²) in [6.07, 6.45) is 8.70. The largest absolute Gasteiger partial charge is 0.350 e. The quantitative estimate of drug-likeness (QED) is 0.822. The molecule has 1 aromatic heterocycles. The van der Waals surface area contributed by atoms with Crippen LogP contribution in [0.2, 0.25) is 0 Å². The molecule has 1 aromatic rings. The number of carbonyl (C=O) groups is 1. The van der Waals surface area contributed by atoms with Crippen molar-refractivity contribution in [2.75, 3.05) is 26.3 Å². The van der Waals surface area contributed by atoms with Gasteiger partial charge in [0.25, 0.3) is 5.91 Å². The summed E-state index contributed by atoms with van der Waals surface area (Å²) in [5.74, 6) is 0.535. The Balaban J connectivity index is 1.39. The number of ether oxygens (including phenoxy) is 2. The Morgan fingerprint density at radius 1 is 1.12 bits per heavy atom. The smallest absolute Gasteiger partial charge is 0.256 e. The molecule has 25 heavy (non-hydrogen) atoms. The molecule has 1 aliphatic carbocycles. The Bertz CT molecular complexity index is 592. The Hall–Kier alpha value is -1.11. The van der Waals surface area contributed by atoms with Crippen molar-refractivity contribution in [3.8, 4) is 0 Å². The molecule has 0 N–H and O–H groups in total. The fourth-order valence-corrected chi connectivity index (χ4v) is 5.29. The summed E-state index contributed by atoms with van der Waals surface area (Å²) in [5, 5.41) is 1.52. The lowest BCUT2D eigenvalue weighted by Crippen LogP contribution is -2.41. The van der Waals surface area contributed by atoms with Gasteiger partial charge in [-0.15, -0.1) is 11.8 Å². The zero-order valence-corrected chi connectivity index (χ0v) is 15.4. The zero-order valence-electron chi connectivity index (χ0n) is 14.6. The van der Waals surface area contributed by atoms with E-state index in [2.05, 4.69) is 4.98 Å². The molecule has 0 atom stereocenters. The van der Waals surface area contributed by atoms with Crippen LogP contribution in [0.5, 0.6) is 0 Å². The minimum Gasteiger partial charge on any atom is -0.350 e. The van der Waals surface area contributed by atoms with Crippen LogP contribution in [0.15, 0.2) is 23.4 Å². The number of likely N-dealkylation sites (tertiary alicyclic amines) is 1. The van der Waals surface area contributed by atoms with Crippen LogP contribution in [0.3, 0.4) is 0 Å². The first-order valence-electron chi connectivity index (χ1n) is 9.45. The van der Waals surface area contributed by atoms with Crippen molar-refractivity contribution in [2.45, 2.75) is 55.1 Å². The summed E-state index contributed by atoms with van der Waals surface area (Å²) in [4.78, 5) is 19.5. The number of pyridine rings is 1. The van der Waals surface area contributed by atoms with E-state index in [1.165, 1.54) is 25.7 Å². The second-order valence-electron chi connectivity index (χ2n) is 7.12. The first-order chi connectivity index (χ1) is 12.3. The maximum atomic E-state index is 13.0. The first kappa shape index (κ1) is 17.3. The van der Waals surface area contributed by atoms with Crippen LogP contribution >= 0.6 is 11.8 Å². The third kappa shape index (κ3) is 4.01. The van der Waals surface area contributed by atoms with Gasteiger partial charge in [-0.25, -0.2) is 4.98 Å². The van der Waals surface area contributed by atoms with Crippen LogP contribution in [0, 0.1) is 5.92 Å². The van der Waals surface area contributed by atoms with E-state index in [-0.39, 0.29) is 12.2 Å². The summed E-state index contributed by atoms with van der Waals surface area (Å²) >= 11 is 1.79. The molecule has 4 rings (SSSR count). The molecule has 0 spiro atoms. The average Bonchev–Trinajstić information content (AvgIpc) is 3.36. The topological polar surface area (TPSA) is 51.7 Å². The zero-order chi connectivity index (χ0) is 17.1. The molecule has 136 valence electrons. The van der Waals surface area contributed by atoms with Crippen LogP contribution in [-0.2, 0) is 9.47 Å². The van der Waals surface area contributed by atoms with Gasteiger partial charge in [-0.3, -0.25) is 4.79 Å². The standard InChI is InChI=1S/C19H26N2O3S/c22-18(21-10-7-14(8-11-21)19-23-12-13-24-19)16-6-3-9-20-17(16)25-15-4-1-2-5-15/h3,6,9,14-15,19H,1-2,4-5,7-8,10-13H2. The molecule has 5 nitrogen and oxygen atoms in total. The molecule has 0 bridgehead atoms. The SMILES string of the molecule is O=C(c1cccnc1SC1CCCC1)N1CCC(C2OCCO2)CC1. The molecule has 3 fully saturated rings. The molecule has 3 aliphatic rings. The lowest BCUT2D eigenvalue weighted by atomic mass is 9.96. The van der Waals surface area contributed by atoms with Crippen molar-refractivity contribution in [3.05, 3.63) is 23.9 Å². The van der Waals surface area contributed by atoms with Crippen molar-refractivity contribution in [3.63, 3.8) is 0 Å². The van der Waals surface area contributed by atoms with E-state index in [0.717, 1.165) is 36.5 Å². The van der Waals surface area contributed by atoms with Gasteiger partial charge in [-0.2, -0.15) is 0 Å². The molecular weight excluding hydrogens is 336 g/mol. The van der Waals surface area contributed by atoms with Crippen LogP contribution in [0.25, 0.3) is 0 Å². The van der Waals surface area contributed by atoms with Crippen molar-refractivity contribution in [1.82, 2.24) is 9.88 Å². The molecule has 1 amide bonds. The molecule has 0 unspecified atom stereocenters. The Morgan fingerprint density at radius 3 is 2.56 bits per heavy atom. The van der Waals surface area contributed by atoms with Crippen molar-refractivity contribution in [2.24, 2.45) is 5.92 Å². The van der Waals surface area contributed by atoms with E-state index in [4.69, 9.17) is 9.47 Å². The van der Waals surface area contributed by atoms with Crippen LogP contribution in [0.4, 0.5) is 0 Å². The fraction of sp³-hybridized carbons (Fsp3) is 0.684. The van der Waals surface area contributed by atoms with Gasteiger partial charge in [0.2, 0.25) is 0 Å². The minimum atomic E-state index is -0.0656. The van der Waals surface area contributed by atoms with Gasteiger partial charge in [-0.1, -0.05) is 12.8 Å². The highest BCUT2D eigenvalue weighted by atomic mass is 32.2. The molecule has 1 saturated carbocycles. The normalized spacial score (nSPS) is 23.4. The van der Waals surface area contributed by atoms with Gasteiger partial charge in [0.05, 0.1) is 18.8 Å². The number of nitrogens with zero attached hydrogens (tertiary/aromatic N) is 2. The Kier molecular flexibility index (Phi) is 5.58. The summed E-state index contributed by atoms with van der Waals surface area (Å²) in [7, 11) is 0. The third-order valence-electron chi connectivity index (χ3n) is 5.44. The van der Waals surface area contributed by atoms with Crippen LogP contribution in [-0.4, -0.2) is 53.6 Å². The second-order valence-corrected chi connectivity index (χ2v) is 8.41. The number of hydrogen-bond acceptors (Lipinski definition) is 5. The van der Waals surface area contributed by atoms with Gasteiger partial charge in [0, 0.05) is 30.5 Å². The molecule has 0 aromatic carbocycles. The predicted molar refractivity (Wildman–Crippen MR) is 96.7 cm³/mol. The van der Waals surface area contributed by atoms with Crippen molar-refractivity contribution >= 4 is 17.7 Å². The summed E-state index contributed by atoms with van der Waals surface area (Å²) in [5.41, 5.74) is 0.770. The lowest BCUT2D eigenvalue weighted by Gasteiger charge is -2.34. The number of thioether (sulfide) groups is 1. The van der Waals surface area contributed by atoms with Crippen LogP contribution < -0.4 is 0 Å². The highest BCUT2D eigenvalue weighted by Crippen LogP contribution is 2.36. The molecular formula is C19H26N2O3S. The van der Waals surface area contributed by atoms with Gasteiger partial charge >= 0.3 is 0 Å². The minimum absolute atomic E-state index is 0.0656. The lowest BCUT2D eigenvalue weighted by molar-refractivity contribution is -0.0956. The van der Waals surface area contributed by atoms with Crippen molar-refractivity contribution in [1.29, 1.82) is 0 Å². The molecule has 3 heterocycles. The fourth-order valence-electron chi connectivity index (χ4n) is 4.01. The van der Waals surface area contributed by atoms with Crippen LogP contribution in [0.1, 0.15) is 48.9 Å². The summed E-state index contributed by atoms with van der Waals surface area (Å²) in [6.45, 7) is 2.94. The Morgan fingerprint density at radius 2 is 1.84 bits per heavy atom. The average molecular weight is 362 g/mol.